The molecule has 1 saturated carbocycles. The van der Waals surface area contributed by atoms with Crippen LogP contribution in [0.25, 0.3) is 0 Å². The molecule has 0 spiro atoms. The molecule has 0 atom stereocenters. The predicted octanol–water partition coefficient (Wildman–Crippen LogP) is 1.98. The Labute approximate surface area is 125 Å². The number of benzene rings is 1. The summed E-state index contributed by atoms with van der Waals surface area (Å²) in [6, 6.07) is 5.72. The summed E-state index contributed by atoms with van der Waals surface area (Å²) in [7, 11) is 1.60. The summed E-state index contributed by atoms with van der Waals surface area (Å²) < 4.78 is 10.7. The van der Waals surface area contributed by atoms with Gasteiger partial charge in [-0.2, -0.15) is 0 Å². The fraction of sp³-hybridized carbons (Fsp3) is 0.562. The van der Waals surface area contributed by atoms with Crippen LogP contribution in [0.3, 0.4) is 0 Å². The molecule has 116 valence electrons. The number of hydrogen-bond donors (Lipinski definition) is 2. The van der Waals surface area contributed by atoms with Gasteiger partial charge in [0.2, 0.25) is 0 Å². The van der Waals surface area contributed by atoms with Gasteiger partial charge >= 0.3 is 0 Å². The summed E-state index contributed by atoms with van der Waals surface area (Å²) in [4.78, 5) is 11.9. The number of hydrogen-bond acceptors (Lipinski definition) is 4. The molecule has 3 N–H and O–H groups in total. The number of carbonyl (C=O) groups excluding carboxylic acids is 1. The minimum Gasteiger partial charge on any atom is -0.497 e. The van der Waals surface area contributed by atoms with Crippen molar-refractivity contribution in [2.24, 2.45) is 5.73 Å². The van der Waals surface area contributed by atoms with Gasteiger partial charge in [0, 0.05) is 18.2 Å². The highest BCUT2D eigenvalue weighted by Crippen LogP contribution is 2.23. The number of nitrogens with one attached hydrogen (secondary N) is 1. The molecule has 21 heavy (non-hydrogen) atoms. The summed E-state index contributed by atoms with van der Waals surface area (Å²) in [5.74, 6) is 1.30. The summed E-state index contributed by atoms with van der Waals surface area (Å²) in [5.41, 5.74) is 6.53. The molecule has 1 aliphatic rings. The van der Waals surface area contributed by atoms with Crippen molar-refractivity contribution in [1.29, 1.82) is 0 Å². The third-order valence-electron chi connectivity index (χ3n) is 3.82. The Morgan fingerprint density at radius 3 is 2.76 bits per heavy atom. The van der Waals surface area contributed by atoms with Crippen molar-refractivity contribution in [2.75, 3.05) is 13.7 Å². The fourth-order valence-electron chi connectivity index (χ4n) is 2.64. The molecule has 0 bridgehead atoms. The molecule has 0 saturated heterocycles. The van der Waals surface area contributed by atoms with Gasteiger partial charge in [-0.25, -0.2) is 0 Å². The number of ether oxygens (including phenoxy) is 2. The monoisotopic (exact) mass is 292 g/mol. The molecular weight excluding hydrogens is 268 g/mol. The van der Waals surface area contributed by atoms with E-state index < -0.39 is 0 Å². The average Bonchev–Trinajstić information content (AvgIpc) is 2.53. The lowest BCUT2D eigenvalue weighted by Crippen LogP contribution is -2.39. The Balaban J connectivity index is 1.85. The number of nitrogens with two attached hydrogens (primary N) is 1. The quantitative estimate of drug-likeness (QED) is 0.841. The smallest absolute Gasteiger partial charge is 0.258 e. The van der Waals surface area contributed by atoms with E-state index in [9.17, 15) is 4.79 Å². The zero-order valence-corrected chi connectivity index (χ0v) is 12.6. The summed E-state index contributed by atoms with van der Waals surface area (Å²) in [5, 5.41) is 3.03. The number of methoxy groups -OCH3 is 1. The van der Waals surface area contributed by atoms with Crippen LogP contribution in [0.2, 0.25) is 0 Å². The predicted molar refractivity (Wildman–Crippen MR) is 81.4 cm³/mol. The molecule has 5 heteroatoms. The standard InChI is InChI=1S/C16H24N2O3/c1-20-14-7-8-15(12(9-14)10-17)21-11-16(19)18-13-5-3-2-4-6-13/h7-9,13H,2-6,10-11,17H2,1H3,(H,18,19). The second kappa shape index (κ2) is 7.88. The van der Waals surface area contributed by atoms with Crippen LogP contribution in [0.15, 0.2) is 18.2 Å². The Morgan fingerprint density at radius 2 is 2.10 bits per heavy atom. The molecule has 0 aliphatic heterocycles. The zero-order valence-electron chi connectivity index (χ0n) is 12.6. The molecule has 2 rings (SSSR count). The molecule has 0 heterocycles. The summed E-state index contributed by atoms with van der Waals surface area (Å²) in [6.07, 6.45) is 5.81. The van der Waals surface area contributed by atoms with E-state index in [0.29, 0.717) is 18.3 Å². The van der Waals surface area contributed by atoms with Gasteiger partial charge < -0.3 is 20.5 Å². The van der Waals surface area contributed by atoms with E-state index in [1.165, 1.54) is 19.3 Å². The van der Waals surface area contributed by atoms with Gasteiger partial charge in [0.05, 0.1) is 7.11 Å². The molecule has 1 aliphatic carbocycles. The highest BCUT2D eigenvalue weighted by atomic mass is 16.5. The number of rotatable bonds is 6. The Bertz CT molecular complexity index is 471. The summed E-state index contributed by atoms with van der Waals surface area (Å²) in [6.45, 7) is 0.368. The van der Waals surface area contributed by atoms with Crippen LogP contribution in [-0.2, 0) is 11.3 Å². The van der Waals surface area contributed by atoms with E-state index in [-0.39, 0.29) is 12.5 Å². The molecule has 0 radical (unpaired) electrons. The molecule has 1 fully saturated rings. The maximum absolute atomic E-state index is 11.9. The Morgan fingerprint density at radius 1 is 1.33 bits per heavy atom. The molecular formula is C16H24N2O3. The number of amides is 1. The van der Waals surface area contributed by atoms with E-state index in [2.05, 4.69) is 5.32 Å². The fourth-order valence-corrected chi connectivity index (χ4v) is 2.64. The van der Waals surface area contributed by atoms with Crippen molar-refractivity contribution in [1.82, 2.24) is 5.32 Å². The van der Waals surface area contributed by atoms with Crippen LogP contribution in [0.4, 0.5) is 0 Å². The van der Waals surface area contributed by atoms with Crippen LogP contribution >= 0.6 is 0 Å². The molecule has 5 nitrogen and oxygen atoms in total. The highest BCUT2D eigenvalue weighted by Gasteiger charge is 2.16. The first-order chi connectivity index (χ1) is 10.2. The van der Waals surface area contributed by atoms with Crippen LogP contribution in [0.1, 0.15) is 37.7 Å². The largest absolute Gasteiger partial charge is 0.497 e. The van der Waals surface area contributed by atoms with Crippen LogP contribution in [-0.4, -0.2) is 25.7 Å². The lowest BCUT2D eigenvalue weighted by atomic mass is 9.95. The van der Waals surface area contributed by atoms with Gasteiger partial charge in [-0.15, -0.1) is 0 Å². The van der Waals surface area contributed by atoms with Crippen LogP contribution in [0, 0.1) is 0 Å². The van der Waals surface area contributed by atoms with E-state index in [0.717, 1.165) is 24.2 Å². The van der Waals surface area contributed by atoms with Crippen LogP contribution in [0.5, 0.6) is 11.5 Å². The number of carbonyl (C=O) groups is 1. The first-order valence-corrected chi connectivity index (χ1v) is 7.52. The summed E-state index contributed by atoms with van der Waals surface area (Å²) >= 11 is 0. The van der Waals surface area contributed by atoms with Crippen molar-refractivity contribution < 1.29 is 14.3 Å². The maximum Gasteiger partial charge on any atom is 0.258 e. The zero-order chi connectivity index (χ0) is 15.1. The SMILES string of the molecule is COc1ccc(OCC(=O)NC2CCCCC2)c(CN)c1. The Hall–Kier alpha value is -1.75. The van der Waals surface area contributed by atoms with Crippen molar-refractivity contribution in [3.63, 3.8) is 0 Å². The minimum absolute atomic E-state index is 0.0236. The second-order valence-corrected chi connectivity index (χ2v) is 5.37. The van der Waals surface area contributed by atoms with Gasteiger partial charge in [0.15, 0.2) is 6.61 Å². The van der Waals surface area contributed by atoms with Crippen molar-refractivity contribution in [2.45, 2.75) is 44.7 Å². The maximum atomic E-state index is 11.9. The van der Waals surface area contributed by atoms with Gasteiger partial charge in [-0.05, 0) is 31.0 Å². The first-order valence-electron chi connectivity index (χ1n) is 7.52. The normalized spacial score (nSPS) is 15.5. The third kappa shape index (κ3) is 4.63. The molecule has 0 unspecified atom stereocenters. The first kappa shape index (κ1) is 15.6. The van der Waals surface area contributed by atoms with Gasteiger partial charge in [0.1, 0.15) is 11.5 Å². The average molecular weight is 292 g/mol. The van der Waals surface area contributed by atoms with Crippen molar-refractivity contribution >= 4 is 5.91 Å². The topological polar surface area (TPSA) is 73.6 Å². The lowest BCUT2D eigenvalue weighted by molar-refractivity contribution is -0.124. The second-order valence-electron chi connectivity index (χ2n) is 5.37. The van der Waals surface area contributed by atoms with Gasteiger partial charge in [0.25, 0.3) is 5.91 Å². The molecule has 0 aromatic heterocycles. The van der Waals surface area contributed by atoms with E-state index in [1.807, 2.05) is 6.07 Å². The lowest BCUT2D eigenvalue weighted by Gasteiger charge is -2.22. The Kier molecular flexibility index (Phi) is 5.87. The van der Waals surface area contributed by atoms with E-state index in [1.54, 1.807) is 19.2 Å². The van der Waals surface area contributed by atoms with E-state index in [4.69, 9.17) is 15.2 Å². The highest BCUT2D eigenvalue weighted by molar-refractivity contribution is 5.77. The van der Waals surface area contributed by atoms with Crippen molar-refractivity contribution in [3.05, 3.63) is 23.8 Å². The molecule has 1 amide bonds. The van der Waals surface area contributed by atoms with Gasteiger partial charge in [-0.1, -0.05) is 19.3 Å². The van der Waals surface area contributed by atoms with Crippen LogP contribution < -0.4 is 20.5 Å². The minimum atomic E-state index is -0.0688. The third-order valence-corrected chi connectivity index (χ3v) is 3.82. The molecule has 1 aromatic carbocycles. The molecule has 1 aromatic rings. The van der Waals surface area contributed by atoms with Crippen molar-refractivity contribution in [3.8, 4) is 11.5 Å². The van der Waals surface area contributed by atoms with E-state index >= 15 is 0 Å². The van der Waals surface area contributed by atoms with Gasteiger partial charge in [-0.3, -0.25) is 4.79 Å².